The van der Waals surface area contributed by atoms with E-state index >= 15 is 0 Å². The molecule has 3 aromatic rings. The van der Waals surface area contributed by atoms with Gasteiger partial charge < -0.3 is 9.32 Å². The number of carbonyl (C=O) groups excluding carboxylic acids is 1. The Balaban J connectivity index is 2.01. The zero-order valence-electron chi connectivity index (χ0n) is 14.2. The second kappa shape index (κ2) is 7.53. The molecule has 0 fully saturated rings. The van der Waals surface area contributed by atoms with Crippen molar-refractivity contribution in [3.8, 4) is 22.6 Å². The first-order valence-corrected chi connectivity index (χ1v) is 8.44. The maximum atomic E-state index is 11.8. The summed E-state index contributed by atoms with van der Waals surface area (Å²) in [6.07, 6.45) is 0.797. The topological polar surface area (TPSA) is 46.3 Å². The van der Waals surface area contributed by atoms with Crippen LogP contribution in [0, 0.1) is 0 Å². The SMILES string of the molecule is CN(C)C(=O)CCc1nc(-c2ccccc2)c(-c2ccccc2Cl)o1. The van der Waals surface area contributed by atoms with Crippen LogP contribution in [0.3, 0.4) is 0 Å². The van der Waals surface area contributed by atoms with Crippen molar-refractivity contribution in [1.82, 2.24) is 9.88 Å². The van der Waals surface area contributed by atoms with Crippen molar-refractivity contribution in [2.24, 2.45) is 0 Å². The Morgan fingerprint density at radius 3 is 2.44 bits per heavy atom. The van der Waals surface area contributed by atoms with Crippen LogP contribution in [0.2, 0.25) is 5.02 Å². The number of carbonyl (C=O) groups is 1. The first kappa shape index (κ1) is 17.2. The molecule has 2 aromatic carbocycles. The molecule has 0 radical (unpaired) electrons. The summed E-state index contributed by atoms with van der Waals surface area (Å²) in [5.41, 5.74) is 2.48. The van der Waals surface area contributed by atoms with Crippen molar-refractivity contribution in [3.05, 3.63) is 65.5 Å². The van der Waals surface area contributed by atoms with Gasteiger partial charge in [-0.15, -0.1) is 0 Å². The lowest BCUT2D eigenvalue weighted by molar-refractivity contribution is -0.128. The van der Waals surface area contributed by atoms with Crippen LogP contribution in [-0.4, -0.2) is 29.9 Å². The number of benzene rings is 2. The second-order valence-corrected chi connectivity index (χ2v) is 6.33. The molecular formula is C20H19ClN2O2. The van der Waals surface area contributed by atoms with Gasteiger partial charge in [-0.3, -0.25) is 4.79 Å². The molecule has 0 aliphatic rings. The molecule has 0 spiro atoms. The van der Waals surface area contributed by atoms with E-state index in [1.807, 2.05) is 54.6 Å². The molecule has 0 N–H and O–H groups in total. The minimum absolute atomic E-state index is 0.0405. The summed E-state index contributed by atoms with van der Waals surface area (Å²) in [5, 5.41) is 0.603. The zero-order valence-corrected chi connectivity index (χ0v) is 15.0. The lowest BCUT2D eigenvalue weighted by Crippen LogP contribution is -2.21. The minimum atomic E-state index is 0.0405. The van der Waals surface area contributed by atoms with Crippen LogP contribution in [0.25, 0.3) is 22.6 Å². The minimum Gasteiger partial charge on any atom is -0.440 e. The summed E-state index contributed by atoms with van der Waals surface area (Å²) in [4.78, 5) is 18.0. The van der Waals surface area contributed by atoms with E-state index in [1.54, 1.807) is 19.0 Å². The van der Waals surface area contributed by atoms with Crippen LogP contribution in [-0.2, 0) is 11.2 Å². The van der Waals surface area contributed by atoms with E-state index < -0.39 is 0 Å². The van der Waals surface area contributed by atoms with Crippen LogP contribution < -0.4 is 0 Å². The summed E-state index contributed by atoms with van der Waals surface area (Å²) in [7, 11) is 3.48. The molecule has 0 aliphatic carbocycles. The number of rotatable bonds is 5. The van der Waals surface area contributed by atoms with E-state index in [9.17, 15) is 4.79 Å². The number of hydrogen-bond acceptors (Lipinski definition) is 3. The van der Waals surface area contributed by atoms with Gasteiger partial charge in [-0.2, -0.15) is 0 Å². The number of hydrogen-bond donors (Lipinski definition) is 0. The summed E-state index contributed by atoms with van der Waals surface area (Å²) >= 11 is 6.35. The predicted octanol–water partition coefficient (Wildman–Crippen LogP) is 4.68. The van der Waals surface area contributed by atoms with Crippen molar-refractivity contribution in [3.63, 3.8) is 0 Å². The predicted molar refractivity (Wildman–Crippen MR) is 99.4 cm³/mol. The molecule has 0 saturated heterocycles. The Morgan fingerprint density at radius 2 is 1.76 bits per heavy atom. The Kier molecular flexibility index (Phi) is 5.19. The van der Waals surface area contributed by atoms with Crippen molar-refractivity contribution < 1.29 is 9.21 Å². The van der Waals surface area contributed by atoms with Crippen molar-refractivity contribution in [2.45, 2.75) is 12.8 Å². The monoisotopic (exact) mass is 354 g/mol. The largest absolute Gasteiger partial charge is 0.440 e. The standard InChI is InChI=1S/C20H19ClN2O2/c1-23(2)18(24)13-12-17-22-19(14-8-4-3-5-9-14)20(25-17)15-10-6-7-11-16(15)21/h3-11H,12-13H2,1-2H3. The average molecular weight is 355 g/mol. The number of amides is 1. The number of nitrogens with zero attached hydrogens (tertiary/aromatic N) is 2. The highest BCUT2D eigenvalue weighted by molar-refractivity contribution is 6.33. The fourth-order valence-corrected chi connectivity index (χ4v) is 2.75. The zero-order chi connectivity index (χ0) is 17.8. The number of aromatic nitrogens is 1. The Bertz CT molecular complexity index is 872. The van der Waals surface area contributed by atoms with Crippen LogP contribution in [0.4, 0.5) is 0 Å². The first-order chi connectivity index (χ1) is 12.1. The third-order valence-corrected chi connectivity index (χ3v) is 4.22. The average Bonchev–Trinajstić information content (AvgIpc) is 3.04. The molecule has 1 aromatic heterocycles. The Hall–Kier alpha value is -2.59. The highest BCUT2D eigenvalue weighted by Gasteiger charge is 2.19. The maximum absolute atomic E-state index is 11.8. The third kappa shape index (κ3) is 3.91. The van der Waals surface area contributed by atoms with Gasteiger partial charge >= 0.3 is 0 Å². The Labute approximate surface area is 152 Å². The van der Waals surface area contributed by atoms with Gasteiger partial charge in [0.1, 0.15) is 5.69 Å². The van der Waals surface area contributed by atoms with Crippen molar-refractivity contribution in [1.29, 1.82) is 0 Å². The van der Waals surface area contributed by atoms with Crippen molar-refractivity contribution >= 4 is 17.5 Å². The summed E-state index contributed by atoms with van der Waals surface area (Å²) in [6.45, 7) is 0. The number of aryl methyl sites for hydroxylation is 1. The smallest absolute Gasteiger partial charge is 0.222 e. The molecule has 25 heavy (non-hydrogen) atoms. The van der Waals surface area contributed by atoms with Crippen LogP contribution in [0.1, 0.15) is 12.3 Å². The van der Waals surface area contributed by atoms with Crippen LogP contribution in [0.5, 0.6) is 0 Å². The fraction of sp³-hybridized carbons (Fsp3) is 0.200. The summed E-state index contributed by atoms with van der Waals surface area (Å²) < 4.78 is 6.00. The molecule has 0 atom stereocenters. The van der Waals surface area contributed by atoms with Crippen molar-refractivity contribution in [2.75, 3.05) is 14.1 Å². The maximum Gasteiger partial charge on any atom is 0.222 e. The van der Waals surface area contributed by atoms with E-state index in [4.69, 9.17) is 16.0 Å². The van der Waals surface area contributed by atoms with E-state index in [1.165, 1.54) is 0 Å². The van der Waals surface area contributed by atoms with E-state index in [0.717, 1.165) is 16.8 Å². The molecule has 3 rings (SSSR count). The second-order valence-electron chi connectivity index (χ2n) is 5.92. The lowest BCUT2D eigenvalue weighted by atomic mass is 10.1. The fourth-order valence-electron chi connectivity index (χ4n) is 2.53. The highest BCUT2D eigenvalue weighted by Crippen LogP contribution is 2.36. The lowest BCUT2D eigenvalue weighted by Gasteiger charge is -2.08. The third-order valence-electron chi connectivity index (χ3n) is 3.89. The number of oxazole rings is 1. The molecule has 0 unspecified atom stereocenters. The van der Waals surface area contributed by atoms with Gasteiger partial charge in [0.15, 0.2) is 11.7 Å². The quantitative estimate of drug-likeness (QED) is 0.668. The van der Waals surface area contributed by atoms with Gasteiger partial charge in [-0.25, -0.2) is 4.98 Å². The number of halogens is 1. The molecule has 1 heterocycles. The molecular weight excluding hydrogens is 336 g/mol. The molecule has 0 bridgehead atoms. The molecule has 0 saturated carbocycles. The van der Waals surface area contributed by atoms with Gasteiger partial charge in [0.2, 0.25) is 5.91 Å². The van der Waals surface area contributed by atoms with Gasteiger partial charge in [0.25, 0.3) is 0 Å². The summed E-state index contributed by atoms with van der Waals surface area (Å²) in [5.74, 6) is 1.20. The van der Waals surface area contributed by atoms with E-state index in [0.29, 0.717) is 29.5 Å². The van der Waals surface area contributed by atoms with Gasteiger partial charge in [-0.1, -0.05) is 54.1 Å². The summed E-state index contributed by atoms with van der Waals surface area (Å²) in [6, 6.07) is 17.3. The molecule has 128 valence electrons. The van der Waals surface area contributed by atoms with E-state index in [-0.39, 0.29) is 5.91 Å². The highest BCUT2D eigenvalue weighted by atomic mass is 35.5. The first-order valence-electron chi connectivity index (χ1n) is 8.06. The molecule has 4 nitrogen and oxygen atoms in total. The van der Waals surface area contributed by atoms with Crippen LogP contribution in [0.15, 0.2) is 59.0 Å². The van der Waals surface area contributed by atoms with Crippen LogP contribution >= 0.6 is 11.6 Å². The normalized spacial score (nSPS) is 10.7. The molecule has 5 heteroatoms. The molecule has 0 aliphatic heterocycles. The van der Waals surface area contributed by atoms with Gasteiger partial charge in [-0.05, 0) is 12.1 Å². The van der Waals surface area contributed by atoms with E-state index in [2.05, 4.69) is 4.98 Å². The van der Waals surface area contributed by atoms with Gasteiger partial charge in [0.05, 0.1) is 5.02 Å². The van der Waals surface area contributed by atoms with Gasteiger partial charge in [0, 0.05) is 38.1 Å². The molecule has 1 amide bonds. The Morgan fingerprint density at radius 1 is 1.08 bits per heavy atom.